The van der Waals surface area contributed by atoms with Crippen molar-refractivity contribution in [3.8, 4) is 0 Å². The maximum absolute atomic E-state index is 2.26. The second kappa shape index (κ2) is 2.12. The predicted octanol–water partition coefficient (Wildman–Crippen LogP) is 2.84. The fourth-order valence-corrected chi connectivity index (χ4v) is 1.39. The maximum Gasteiger partial charge on any atom is -0.0197 e. The van der Waals surface area contributed by atoms with Crippen LogP contribution in [0.25, 0.3) is 0 Å². The van der Waals surface area contributed by atoms with E-state index in [0.717, 1.165) is 5.92 Å². The van der Waals surface area contributed by atoms with Crippen molar-refractivity contribution >= 4 is 0 Å². The molecule has 0 saturated heterocycles. The molecule has 2 rings (SSSR count). The Morgan fingerprint density at radius 2 is 1.90 bits per heavy atom. The summed E-state index contributed by atoms with van der Waals surface area (Å²) < 4.78 is 0. The average Bonchev–Trinajstić information content (AvgIpc) is 2.65. The van der Waals surface area contributed by atoms with Crippen LogP contribution in [0.3, 0.4) is 0 Å². The standard InChI is InChI=1S/C10H12/c1-8(10-6-7-10)9-4-2-3-5-9/h2-5,10H,6-7H2,1H3. The molecule has 1 saturated carbocycles. The van der Waals surface area contributed by atoms with E-state index >= 15 is 0 Å². The van der Waals surface area contributed by atoms with Crippen LogP contribution < -0.4 is 0 Å². The molecule has 2 aliphatic carbocycles. The van der Waals surface area contributed by atoms with Gasteiger partial charge >= 0.3 is 0 Å². The number of hydrogen-bond donors (Lipinski definition) is 0. The van der Waals surface area contributed by atoms with Crippen molar-refractivity contribution in [2.45, 2.75) is 19.8 Å². The van der Waals surface area contributed by atoms with Crippen molar-refractivity contribution in [3.63, 3.8) is 0 Å². The zero-order chi connectivity index (χ0) is 6.97. The third-order valence-electron chi connectivity index (χ3n) is 2.31. The normalized spacial score (nSPS) is 22.3. The molecule has 0 atom stereocenters. The zero-order valence-electron chi connectivity index (χ0n) is 6.30. The molecule has 1 fully saturated rings. The van der Waals surface area contributed by atoms with Crippen LogP contribution in [-0.2, 0) is 0 Å². The van der Waals surface area contributed by atoms with Gasteiger partial charge in [0.25, 0.3) is 0 Å². The first-order chi connectivity index (χ1) is 4.88. The van der Waals surface area contributed by atoms with Crippen LogP contribution >= 0.6 is 0 Å². The molecule has 0 spiro atoms. The van der Waals surface area contributed by atoms with E-state index < -0.39 is 0 Å². The van der Waals surface area contributed by atoms with Crippen LogP contribution in [0.1, 0.15) is 19.8 Å². The van der Waals surface area contributed by atoms with E-state index in [2.05, 4.69) is 31.2 Å². The highest BCUT2D eigenvalue weighted by molar-refractivity contribution is 5.44. The van der Waals surface area contributed by atoms with Crippen LogP contribution in [-0.4, -0.2) is 0 Å². The molecule has 2 aliphatic rings. The van der Waals surface area contributed by atoms with Crippen LogP contribution in [0.5, 0.6) is 0 Å². The van der Waals surface area contributed by atoms with Gasteiger partial charge in [0, 0.05) is 0 Å². The summed E-state index contributed by atoms with van der Waals surface area (Å²) in [6, 6.07) is 0. The van der Waals surface area contributed by atoms with Gasteiger partial charge in [0.05, 0.1) is 0 Å². The van der Waals surface area contributed by atoms with Crippen LogP contribution in [0.2, 0.25) is 0 Å². The van der Waals surface area contributed by atoms with E-state index in [-0.39, 0.29) is 0 Å². The Morgan fingerprint density at radius 3 is 2.40 bits per heavy atom. The fourth-order valence-electron chi connectivity index (χ4n) is 1.39. The molecule has 0 nitrogen and oxygen atoms in total. The average molecular weight is 132 g/mol. The predicted molar refractivity (Wildman–Crippen MR) is 43.7 cm³/mol. The minimum Gasteiger partial charge on any atom is -0.0630 e. The van der Waals surface area contributed by atoms with Crippen LogP contribution in [0.4, 0.5) is 0 Å². The first kappa shape index (κ1) is 5.96. The highest BCUT2D eigenvalue weighted by Gasteiger charge is 2.24. The van der Waals surface area contributed by atoms with E-state index in [1.165, 1.54) is 18.4 Å². The second-order valence-corrected chi connectivity index (χ2v) is 3.13. The quantitative estimate of drug-likeness (QED) is 0.514. The summed E-state index contributed by atoms with van der Waals surface area (Å²) in [5, 5.41) is 0. The Morgan fingerprint density at radius 1 is 1.30 bits per heavy atom. The summed E-state index contributed by atoms with van der Waals surface area (Å²) in [6.45, 7) is 2.26. The van der Waals surface area contributed by atoms with Crippen molar-refractivity contribution in [2.24, 2.45) is 5.92 Å². The molecule has 0 heteroatoms. The van der Waals surface area contributed by atoms with Gasteiger partial charge in [-0.2, -0.15) is 0 Å². The summed E-state index contributed by atoms with van der Waals surface area (Å²) >= 11 is 0. The van der Waals surface area contributed by atoms with Crippen molar-refractivity contribution in [2.75, 3.05) is 0 Å². The Hall–Kier alpha value is -0.780. The lowest BCUT2D eigenvalue weighted by Gasteiger charge is -1.98. The second-order valence-electron chi connectivity index (χ2n) is 3.13. The molecule has 0 N–H and O–H groups in total. The molecular formula is C10H12. The molecule has 0 aromatic rings. The number of rotatable bonds is 1. The lowest BCUT2D eigenvalue weighted by molar-refractivity contribution is 0.995. The Labute approximate surface area is 61.9 Å². The minimum atomic E-state index is 0.919. The van der Waals surface area contributed by atoms with Gasteiger partial charge in [-0.3, -0.25) is 0 Å². The summed E-state index contributed by atoms with van der Waals surface area (Å²) in [7, 11) is 0. The van der Waals surface area contributed by atoms with Crippen molar-refractivity contribution in [1.82, 2.24) is 0 Å². The molecule has 10 heavy (non-hydrogen) atoms. The molecule has 52 valence electrons. The third-order valence-corrected chi connectivity index (χ3v) is 2.31. The van der Waals surface area contributed by atoms with Gasteiger partial charge in [0.15, 0.2) is 0 Å². The molecule has 0 unspecified atom stereocenters. The van der Waals surface area contributed by atoms with Crippen molar-refractivity contribution in [1.29, 1.82) is 0 Å². The Bertz CT molecular complexity index is 210. The van der Waals surface area contributed by atoms with E-state index in [4.69, 9.17) is 0 Å². The molecule has 0 amide bonds. The minimum absolute atomic E-state index is 0.919. The number of hydrogen-bond acceptors (Lipinski definition) is 0. The molecule has 0 bridgehead atoms. The Balaban J connectivity index is 2.25. The molecular weight excluding hydrogens is 120 g/mol. The van der Waals surface area contributed by atoms with E-state index in [1.54, 1.807) is 5.57 Å². The van der Waals surface area contributed by atoms with Gasteiger partial charge in [0.2, 0.25) is 0 Å². The Kier molecular flexibility index (Phi) is 1.26. The summed E-state index contributed by atoms with van der Waals surface area (Å²) in [4.78, 5) is 0. The molecule has 0 radical (unpaired) electrons. The van der Waals surface area contributed by atoms with Crippen LogP contribution in [0, 0.1) is 5.92 Å². The van der Waals surface area contributed by atoms with E-state index in [0.29, 0.717) is 0 Å². The van der Waals surface area contributed by atoms with Gasteiger partial charge < -0.3 is 0 Å². The highest BCUT2D eigenvalue weighted by atomic mass is 14.3. The van der Waals surface area contributed by atoms with Gasteiger partial charge in [-0.05, 0) is 31.3 Å². The molecule has 0 heterocycles. The van der Waals surface area contributed by atoms with Crippen LogP contribution in [0.15, 0.2) is 35.5 Å². The lowest BCUT2D eigenvalue weighted by atomic mass is 10.1. The first-order valence-corrected chi connectivity index (χ1v) is 3.93. The third kappa shape index (κ3) is 0.942. The monoisotopic (exact) mass is 132 g/mol. The fraction of sp³-hybridized carbons (Fsp3) is 0.400. The van der Waals surface area contributed by atoms with E-state index in [9.17, 15) is 0 Å². The molecule has 0 aromatic carbocycles. The SMILES string of the molecule is CC(=C1C=CC=C1)C1CC1. The van der Waals surface area contributed by atoms with Crippen molar-refractivity contribution in [3.05, 3.63) is 35.5 Å². The van der Waals surface area contributed by atoms with Gasteiger partial charge in [0.1, 0.15) is 0 Å². The lowest BCUT2D eigenvalue weighted by Crippen LogP contribution is -1.81. The van der Waals surface area contributed by atoms with Crippen molar-refractivity contribution < 1.29 is 0 Å². The van der Waals surface area contributed by atoms with Gasteiger partial charge in [-0.1, -0.05) is 29.9 Å². The summed E-state index contributed by atoms with van der Waals surface area (Å²) in [5.41, 5.74) is 3.03. The first-order valence-electron chi connectivity index (χ1n) is 3.93. The van der Waals surface area contributed by atoms with E-state index in [1.807, 2.05) is 0 Å². The summed E-state index contributed by atoms with van der Waals surface area (Å²) in [5.74, 6) is 0.919. The zero-order valence-corrected chi connectivity index (χ0v) is 6.30. The van der Waals surface area contributed by atoms with Gasteiger partial charge in [-0.15, -0.1) is 0 Å². The maximum atomic E-state index is 2.26. The topological polar surface area (TPSA) is 0 Å². The van der Waals surface area contributed by atoms with Gasteiger partial charge in [-0.25, -0.2) is 0 Å². The molecule has 0 aromatic heterocycles. The largest absolute Gasteiger partial charge is 0.0630 e. The smallest absolute Gasteiger partial charge is 0.0197 e. The molecule has 0 aliphatic heterocycles. The highest BCUT2D eigenvalue weighted by Crippen LogP contribution is 2.38. The number of allylic oxidation sites excluding steroid dienone is 6. The summed E-state index contributed by atoms with van der Waals surface area (Å²) in [6.07, 6.45) is 11.5.